The first-order valence-electron chi connectivity index (χ1n) is 7.10. The molecule has 0 saturated heterocycles. The van der Waals surface area contributed by atoms with Gasteiger partial charge in [-0.3, -0.25) is 9.52 Å². The summed E-state index contributed by atoms with van der Waals surface area (Å²) in [6, 6.07) is 9.13. The van der Waals surface area contributed by atoms with Gasteiger partial charge in [0.15, 0.2) is 0 Å². The van der Waals surface area contributed by atoms with Crippen molar-refractivity contribution in [2.75, 3.05) is 4.72 Å². The molecule has 1 amide bonds. The van der Waals surface area contributed by atoms with Crippen molar-refractivity contribution in [1.82, 2.24) is 0 Å². The number of primary amides is 1. The molecule has 0 spiro atoms. The number of nitrogens with two attached hydrogens (primary N) is 1. The summed E-state index contributed by atoms with van der Waals surface area (Å²) in [5.74, 6) is -1.04. The van der Waals surface area contributed by atoms with Gasteiger partial charge >= 0.3 is 6.18 Å². The standard InChI is InChI=1S/C16H15F3N2O3S/c1-10(15(20)22)11-2-6-13(7-3-11)21-25(23,24)14-8-4-12(5-9-14)16(17,18)19/h2-10,21H,1H3,(H2,20,22)/t10-/m1/s1. The van der Waals surface area contributed by atoms with Crippen LogP contribution in [0.25, 0.3) is 0 Å². The van der Waals surface area contributed by atoms with Crippen LogP contribution in [0.15, 0.2) is 53.4 Å². The lowest BCUT2D eigenvalue weighted by Gasteiger charge is -2.12. The Balaban J connectivity index is 2.20. The number of amides is 1. The first-order chi connectivity index (χ1) is 11.5. The normalized spacial score (nSPS) is 13.3. The fourth-order valence-corrected chi connectivity index (χ4v) is 3.10. The Kier molecular flexibility index (Phi) is 5.07. The van der Waals surface area contributed by atoms with Crippen molar-refractivity contribution in [3.05, 3.63) is 59.7 Å². The molecule has 3 N–H and O–H groups in total. The molecular formula is C16H15F3N2O3S. The Hall–Kier alpha value is -2.55. The monoisotopic (exact) mass is 372 g/mol. The molecule has 0 radical (unpaired) electrons. The predicted molar refractivity (Wildman–Crippen MR) is 86.3 cm³/mol. The topological polar surface area (TPSA) is 89.3 Å². The molecule has 0 aliphatic rings. The van der Waals surface area contributed by atoms with E-state index < -0.39 is 33.6 Å². The molecule has 0 aromatic heterocycles. The van der Waals surface area contributed by atoms with Crippen molar-refractivity contribution >= 4 is 21.6 Å². The minimum Gasteiger partial charge on any atom is -0.369 e. The van der Waals surface area contributed by atoms with Gasteiger partial charge in [0.25, 0.3) is 10.0 Å². The third kappa shape index (κ3) is 4.50. The van der Waals surface area contributed by atoms with E-state index in [0.29, 0.717) is 17.7 Å². The summed E-state index contributed by atoms with van der Waals surface area (Å²) in [6.45, 7) is 1.61. The number of nitrogens with one attached hydrogen (secondary N) is 1. The summed E-state index contributed by atoms with van der Waals surface area (Å²) < 4.78 is 64.3. The summed E-state index contributed by atoms with van der Waals surface area (Å²) in [6.07, 6.45) is -4.54. The minimum absolute atomic E-state index is 0.209. The van der Waals surface area contributed by atoms with Crippen molar-refractivity contribution < 1.29 is 26.4 Å². The summed E-state index contributed by atoms with van der Waals surface area (Å²) in [7, 11) is -4.03. The van der Waals surface area contributed by atoms with Crippen LogP contribution in [0.3, 0.4) is 0 Å². The molecule has 2 rings (SSSR count). The number of hydrogen-bond acceptors (Lipinski definition) is 3. The predicted octanol–water partition coefficient (Wildman–Crippen LogP) is 3.10. The van der Waals surface area contributed by atoms with Crippen LogP contribution in [0, 0.1) is 0 Å². The largest absolute Gasteiger partial charge is 0.416 e. The molecule has 0 aliphatic carbocycles. The molecule has 0 aliphatic heterocycles. The first-order valence-corrected chi connectivity index (χ1v) is 8.58. The van der Waals surface area contributed by atoms with Gasteiger partial charge in [-0.15, -0.1) is 0 Å². The van der Waals surface area contributed by atoms with Gasteiger partial charge in [0.2, 0.25) is 5.91 Å². The zero-order valence-electron chi connectivity index (χ0n) is 13.0. The van der Waals surface area contributed by atoms with Crippen molar-refractivity contribution in [2.45, 2.75) is 23.9 Å². The molecule has 0 heterocycles. The van der Waals surface area contributed by atoms with Gasteiger partial charge in [-0.1, -0.05) is 12.1 Å². The maximum atomic E-state index is 12.5. The molecule has 134 valence electrons. The van der Waals surface area contributed by atoms with E-state index in [1.165, 1.54) is 12.1 Å². The number of halogens is 3. The van der Waals surface area contributed by atoms with E-state index in [1.54, 1.807) is 19.1 Å². The molecule has 0 bridgehead atoms. The summed E-state index contributed by atoms with van der Waals surface area (Å²) in [4.78, 5) is 10.8. The number of sulfonamides is 1. The summed E-state index contributed by atoms with van der Waals surface area (Å²) in [5.41, 5.74) is 5.09. The summed E-state index contributed by atoms with van der Waals surface area (Å²) in [5, 5.41) is 0. The van der Waals surface area contributed by atoms with Crippen LogP contribution in [0.4, 0.5) is 18.9 Å². The first kappa shape index (κ1) is 18.8. The van der Waals surface area contributed by atoms with E-state index in [0.717, 1.165) is 12.1 Å². The lowest BCUT2D eigenvalue weighted by atomic mass is 10.0. The number of anilines is 1. The average Bonchev–Trinajstić information content (AvgIpc) is 2.54. The second-order valence-electron chi connectivity index (χ2n) is 5.37. The Bertz CT molecular complexity index is 861. The maximum Gasteiger partial charge on any atom is 0.416 e. The van der Waals surface area contributed by atoms with Crippen molar-refractivity contribution in [2.24, 2.45) is 5.73 Å². The number of alkyl halides is 3. The second kappa shape index (κ2) is 6.75. The van der Waals surface area contributed by atoms with Crippen LogP contribution in [0.5, 0.6) is 0 Å². The average molecular weight is 372 g/mol. The van der Waals surface area contributed by atoms with Crippen LogP contribution in [-0.2, 0) is 21.0 Å². The summed E-state index contributed by atoms with van der Waals surface area (Å²) >= 11 is 0. The number of carbonyl (C=O) groups is 1. The van der Waals surface area contributed by atoms with Gasteiger partial charge in [0.1, 0.15) is 0 Å². The fourth-order valence-electron chi connectivity index (χ4n) is 2.04. The van der Waals surface area contributed by atoms with Gasteiger partial charge in [0, 0.05) is 5.69 Å². The third-order valence-corrected chi connectivity index (χ3v) is 4.98. The van der Waals surface area contributed by atoms with Crippen molar-refractivity contribution in [3.63, 3.8) is 0 Å². The quantitative estimate of drug-likeness (QED) is 0.845. The van der Waals surface area contributed by atoms with E-state index >= 15 is 0 Å². The minimum atomic E-state index is -4.54. The van der Waals surface area contributed by atoms with Gasteiger partial charge in [-0.2, -0.15) is 13.2 Å². The van der Waals surface area contributed by atoms with Gasteiger partial charge in [-0.25, -0.2) is 8.42 Å². The van der Waals surface area contributed by atoms with Crippen LogP contribution >= 0.6 is 0 Å². The van der Waals surface area contributed by atoms with Gasteiger partial charge in [0.05, 0.1) is 16.4 Å². The fraction of sp³-hybridized carbons (Fsp3) is 0.188. The lowest BCUT2D eigenvalue weighted by Crippen LogP contribution is -2.18. The van der Waals surface area contributed by atoms with E-state index in [4.69, 9.17) is 5.73 Å². The molecule has 2 aromatic rings. The highest BCUT2D eigenvalue weighted by molar-refractivity contribution is 7.92. The number of carbonyl (C=O) groups excluding carboxylic acids is 1. The van der Waals surface area contributed by atoms with Crippen LogP contribution in [0.1, 0.15) is 24.0 Å². The number of rotatable bonds is 5. The molecule has 9 heteroatoms. The zero-order chi connectivity index (χ0) is 18.8. The number of benzene rings is 2. The molecule has 2 aromatic carbocycles. The Labute approximate surface area is 142 Å². The van der Waals surface area contributed by atoms with Crippen LogP contribution < -0.4 is 10.5 Å². The van der Waals surface area contributed by atoms with E-state index in [9.17, 15) is 26.4 Å². The van der Waals surface area contributed by atoms with Crippen molar-refractivity contribution in [3.8, 4) is 0 Å². The van der Waals surface area contributed by atoms with Gasteiger partial charge < -0.3 is 5.73 Å². The van der Waals surface area contributed by atoms with Crippen molar-refractivity contribution in [1.29, 1.82) is 0 Å². The highest BCUT2D eigenvalue weighted by Gasteiger charge is 2.30. The van der Waals surface area contributed by atoms with Crippen LogP contribution in [0.2, 0.25) is 0 Å². The molecule has 0 fully saturated rings. The second-order valence-corrected chi connectivity index (χ2v) is 7.06. The molecule has 25 heavy (non-hydrogen) atoms. The Morgan fingerprint density at radius 3 is 2.00 bits per heavy atom. The molecular weight excluding hydrogens is 357 g/mol. The van der Waals surface area contributed by atoms with E-state index in [1.807, 2.05) is 0 Å². The Morgan fingerprint density at radius 1 is 1.04 bits per heavy atom. The Morgan fingerprint density at radius 2 is 1.56 bits per heavy atom. The molecule has 0 unspecified atom stereocenters. The zero-order valence-corrected chi connectivity index (χ0v) is 13.9. The van der Waals surface area contributed by atoms with E-state index in [-0.39, 0.29) is 10.6 Å². The SMILES string of the molecule is C[C@@H](C(N)=O)c1ccc(NS(=O)(=O)c2ccc(C(F)(F)F)cc2)cc1. The molecule has 5 nitrogen and oxygen atoms in total. The van der Waals surface area contributed by atoms with Crippen LogP contribution in [-0.4, -0.2) is 14.3 Å². The highest BCUT2D eigenvalue weighted by atomic mass is 32.2. The highest BCUT2D eigenvalue weighted by Crippen LogP contribution is 2.30. The lowest BCUT2D eigenvalue weighted by molar-refractivity contribution is -0.137. The molecule has 1 atom stereocenters. The van der Waals surface area contributed by atoms with Gasteiger partial charge in [-0.05, 0) is 48.9 Å². The smallest absolute Gasteiger partial charge is 0.369 e. The number of hydrogen-bond donors (Lipinski definition) is 2. The molecule has 0 saturated carbocycles. The third-order valence-electron chi connectivity index (χ3n) is 3.58. The maximum absolute atomic E-state index is 12.5. The van der Waals surface area contributed by atoms with E-state index in [2.05, 4.69) is 4.72 Å².